The van der Waals surface area contributed by atoms with Gasteiger partial charge in [0.2, 0.25) is 5.95 Å². The zero-order valence-electron chi connectivity index (χ0n) is 19.5. The van der Waals surface area contributed by atoms with E-state index in [1.165, 1.54) is 0 Å². The third-order valence-electron chi connectivity index (χ3n) is 7.82. The van der Waals surface area contributed by atoms with Crippen molar-refractivity contribution in [2.24, 2.45) is 5.41 Å². The van der Waals surface area contributed by atoms with Crippen molar-refractivity contribution in [3.05, 3.63) is 58.9 Å². The Hall–Kier alpha value is -3.20. The highest BCUT2D eigenvalue weighted by atomic mass is 35.5. The number of fused-ring (bicyclic) bond motifs is 3. The zero-order valence-corrected chi connectivity index (χ0v) is 20.2. The van der Waals surface area contributed by atoms with Gasteiger partial charge in [-0.25, -0.2) is 14.8 Å². The van der Waals surface area contributed by atoms with E-state index in [4.69, 9.17) is 16.3 Å². The molecule has 1 unspecified atom stereocenters. The van der Waals surface area contributed by atoms with Crippen LogP contribution >= 0.6 is 11.6 Å². The fourth-order valence-corrected chi connectivity index (χ4v) is 6.05. The van der Waals surface area contributed by atoms with Gasteiger partial charge in [0, 0.05) is 41.8 Å². The first-order chi connectivity index (χ1) is 17.0. The van der Waals surface area contributed by atoms with Crippen molar-refractivity contribution in [2.75, 3.05) is 18.0 Å². The summed E-state index contributed by atoms with van der Waals surface area (Å²) in [6.45, 7) is 4.36. The molecular formula is C25H26ClN7O2. The molecule has 0 bridgehead atoms. The molecule has 0 N–H and O–H groups in total. The van der Waals surface area contributed by atoms with Crippen LogP contribution in [0.1, 0.15) is 61.8 Å². The number of anilines is 1. The molecule has 1 aromatic carbocycles. The van der Waals surface area contributed by atoms with Gasteiger partial charge in [-0.3, -0.25) is 9.47 Å². The second-order valence-electron chi connectivity index (χ2n) is 10.4. The van der Waals surface area contributed by atoms with E-state index in [0.717, 1.165) is 67.6 Å². The molecule has 2 aliphatic heterocycles. The van der Waals surface area contributed by atoms with Crippen LogP contribution in [0.15, 0.2) is 36.7 Å². The lowest BCUT2D eigenvalue weighted by Gasteiger charge is -2.58. The van der Waals surface area contributed by atoms with E-state index in [1.54, 1.807) is 17.3 Å². The maximum Gasteiger partial charge on any atom is 0.410 e. The quantitative estimate of drug-likeness (QED) is 0.540. The van der Waals surface area contributed by atoms with E-state index in [-0.39, 0.29) is 23.7 Å². The number of nitrogens with zero attached hydrogens (tertiary/aromatic N) is 7. The third-order valence-corrected chi connectivity index (χ3v) is 8.05. The number of benzene rings is 1. The van der Waals surface area contributed by atoms with E-state index in [1.807, 2.05) is 31.2 Å². The predicted molar refractivity (Wildman–Crippen MR) is 128 cm³/mol. The molecule has 1 atom stereocenters. The molecule has 4 heterocycles. The van der Waals surface area contributed by atoms with Crippen molar-refractivity contribution in [2.45, 2.75) is 57.2 Å². The van der Waals surface area contributed by atoms with E-state index in [0.29, 0.717) is 17.5 Å². The molecule has 2 aliphatic carbocycles. The maximum absolute atomic E-state index is 13.0. The minimum atomic E-state index is -0.302. The summed E-state index contributed by atoms with van der Waals surface area (Å²) in [6, 6.07) is 7.42. The average molecular weight is 492 g/mol. The molecule has 3 fully saturated rings. The number of carbonyl (C=O) groups excluding carboxylic acids is 1. The van der Waals surface area contributed by atoms with Crippen molar-refractivity contribution >= 4 is 23.6 Å². The van der Waals surface area contributed by atoms with Gasteiger partial charge in [0.1, 0.15) is 11.9 Å². The van der Waals surface area contributed by atoms with E-state index in [9.17, 15) is 4.79 Å². The van der Waals surface area contributed by atoms with Gasteiger partial charge in [-0.05, 0) is 62.4 Å². The first kappa shape index (κ1) is 21.1. The molecule has 1 saturated heterocycles. The highest BCUT2D eigenvalue weighted by Crippen LogP contribution is 2.56. The fourth-order valence-electron chi connectivity index (χ4n) is 5.85. The number of hydrogen-bond donors (Lipinski definition) is 0. The monoisotopic (exact) mass is 491 g/mol. The van der Waals surface area contributed by atoms with Crippen LogP contribution in [0.25, 0.3) is 5.69 Å². The van der Waals surface area contributed by atoms with Gasteiger partial charge in [-0.2, -0.15) is 0 Å². The summed E-state index contributed by atoms with van der Waals surface area (Å²) < 4.78 is 7.81. The number of aromatic nitrogens is 5. The lowest BCUT2D eigenvalue weighted by Crippen LogP contribution is -2.62. The van der Waals surface area contributed by atoms with Crippen LogP contribution in [0.5, 0.6) is 0 Å². The minimum absolute atomic E-state index is 0.0414. The topological polar surface area (TPSA) is 89.3 Å². The second kappa shape index (κ2) is 7.65. The van der Waals surface area contributed by atoms with Crippen LogP contribution in [0.3, 0.4) is 0 Å². The summed E-state index contributed by atoms with van der Waals surface area (Å²) in [5.41, 5.74) is 2.25. The van der Waals surface area contributed by atoms with E-state index < -0.39 is 0 Å². The number of rotatable bonds is 3. The largest absolute Gasteiger partial charge is 0.446 e. The number of hydrogen-bond acceptors (Lipinski definition) is 7. The lowest BCUT2D eigenvalue weighted by atomic mass is 9.57. The smallest absolute Gasteiger partial charge is 0.410 e. The second-order valence-corrected chi connectivity index (χ2v) is 10.9. The van der Waals surface area contributed by atoms with Gasteiger partial charge in [0.05, 0.1) is 18.3 Å². The van der Waals surface area contributed by atoms with Crippen molar-refractivity contribution in [1.29, 1.82) is 0 Å². The number of carbonyl (C=O) groups is 1. The average Bonchev–Trinajstić information content (AvgIpc) is 3.53. The Balaban J connectivity index is 1.17. The Morgan fingerprint density at radius 1 is 1.11 bits per heavy atom. The molecule has 2 aromatic heterocycles. The summed E-state index contributed by atoms with van der Waals surface area (Å²) in [5, 5.41) is 9.91. The minimum Gasteiger partial charge on any atom is -0.446 e. The first-order valence-electron chi connectivity index (χ1n) is 12.2. The first-order valence-corrected chi connectivity index (χ1v) is 12.6. The summed E-state index contributed by atoms with van der Waals surface area (Å²) in [5.74, 6) is 2.85. The van der Waals surface area contributed by atoms with Crippen LogP contribution in [0, 0.1) is 5.41 Å². The molecule has 2 saturated carbocycles. The highest BCUT2D eigenvalue weighted by molar-refractivity contribution is 6.30. The molecule has 35 heavy (non-hydrogen) atoms. The van der Waals surface area contributed by atoms with Gasteiger partial charge in [0.25, 0.3) is 0 Å². The lowest BCUT2D eigenvalue weighted by molar-refractivity contribution is 0.0574. The summed E-state index contributed by atoms with van der Waals surface area (Å²) in [7, 11) is 0. The van der Waals surface area contributed by atoms with E-state index in [2.05, 4.69) is 29.6 Å². The van der Waals surface area contributed by atoms with Crippen LogP contribution in [-0.2, 0) is 11.3 Å². The Bertz CT molecular complexity index is 1290. The fraction of sp³-hybridized carbons (Fsp3) is 0.480. The van der Waals surface area contributed by atoms with Gasteiger partial charge in [-0.1, -0.05) is 11.6 Å². The van der Waals surface area contributed by atoms with Gasteiger partial charge >= 0.3 is 6.09 Å². The predicted octanol–water partition coefficient (Wildman–Crippen LogP) is 4.27. The number of ether oxygens (including phenoxy) is 1. The molecule has 0 radical (unpaired) electrons. The molecule has 1 spiro atoms. The van der Waals surface area contributed by atoms with Crippen molar-refractivity contribution in [1.82, 2.24) is 29.6 Å². The number of amides is 1. The van der Waals surface area contributed by atoms with Crippen molar-refractivity contribution in [3.63, 3.8) is 0 Å². The molecule has 10 heteroatoms. The Kier molecular flexibility index (Phi) is 4.61. The normalized spacial score (nSPS) is 22.6. The summed E-state index contributed by atoms with van der Waals surface area (Å²) in [4.78, 5) is 25.7. The molecule has 4 aliphatic rings. The Labute approximate surface area is 208 Å². The van der Waals surface area contributed by atoms with Gasteiger partial charge < -0.3 is 9.64 Å². The van der Waals surface area contributed by atoms with E-state index >= 15 is 0 Å². The maximum atomic E-state index is 13.0. The Morgan fingerprint density at radius 2 is 1.86 bits per heavy atom. The molecular weight excluding hydrogens is 466 g/mol. The summed E-state index contributed by atoms with van der Waals surface area (Å²) >= 11 is 6.37. The van der Waals surface area contributed by atoms with Crippen LogP contribution in [0.4, 0.5) is 10.7 Å². The van der Waals surface area contributed by atoms with Crippen LogP contribution in [-0.4, -0.2) is 54.9 Å². The van der Waals surface area contributed by atoms with Crippen LogP contribution < -0.4 is 4.90 Å². The molecule has 7 rings (SSSR count). The van der Waals surface area contributed by atoms with Crippen molar-refractivity contribution in [3.8, 4) is 5.69 Å². The molecule has 9 nitrogen and oxygen atoms in total. The third kappa shape index (κ3) is 3.47. The Morgan fingerprint density at radius 3 is 2.60 bits per heavy atom. The standard InChI is InChI=1S/C25H26ClN7O2/c1-15-21-29-30-22(17-10-25(11-17)13-31(14-25)23-27-7-2-8-28-23)33(21)20-6-3-18(26)9-16(20)12-32(15)24(34)35-19-4-5-19/h2-3,6-9,15,17,19H,4-5,10-14H2,1H3. The number of halogens is 1. The summed E-state index contributed by atoms with van der Waals surface area (Å²) in [6.07, 6.45) is 7.30. The van der Waals surface area contributed by atoms with Gasteiger partial charge in [0.15, 0.2) is 5.82 Å². The SMILES string of the molecule is CC1c2nnc(C3CC4(C3)CN(c3ncccn3)C4)n2-c2ccc(Cl)cc2CN1C(=O)OC1CC1. The highest BCUT2D eigenvalue weighted by Gasteiger charge is 2.55. The van der Waals surface area contributed by atoms with Crippen LogP contribution in [0.2, 0.25) is 5.02 Å². The molecule has 180 valence electrons. The van der Waals surface area contributed by atoms with Gasteiger partial charge in [-0.15, -0.1) is 10.2 Å². The molecule has 3 aromatic rings. The zero-order chi connectivity index (χ0) is 23.7. The molecule has 1 amide bonds. The van der Waals surface area contributed by atoms with Crippen molar-refractivity contribution < 1.29 is 9.53 Å².